The Hall–Kier alpha value is -1.36. The van der Waals surface area contributed by atoms with Gasteiger partial charge in [-0.3, -0.25) is 4.79 Å². The van der Waals surface area contributed by atoms with Gasteiger partial charge in [-0.1, -0.05) is 5.16 Å². The maximum Gasteiger partial charge on any atom is 0.307 e. The molecule has 0 radical (unpaired) electrons. The van der Waals surface area contributed by atoms with Crippen molar-refractivity contribution in [2.75, 3.05) is 6.61 Å². The Kier molecular flexibility index (Phi) is 3.64. The van der Waals surface area contributed by atoms with E-state index in [4.69, 9.17) is 15.0 Å². The largest absolute Gasteiger partial charge is 0.466 e. The first-order valence-corrected chi connectivity index (χ1v) is 4.48. The lowest BCUT2D eigenvalue weighted by Gasteiger charge is -2.06. The standard InChI is InChI=1S/C9H14N2O3/c1-3-13-9(12)5-7(10)8-4-6(2)11-14-8/h4,7H,3,5,10H2,1-2H3. The van der Waals surface area contributed by atoms with Crippen LogP contribution in [0.4, 0.5) is 0 Å². The average molecular weight is 198 g/mol. The first kappa shape index (κ1) is 10.7. The molecule has 2 N–H and O–H groups in total. The fraction of sp³-hybridized carbons (Fsp3) is 0.556. The van der Waals surface area contributed by atoms with Gasteiger partial charge in [0.25, 0.3) is 0 Å². The minimum Gasteiger partial charge on any atom is -0.466 e. The minimum atomic E-state index is -0.477. The SMILES string of the molecule is CCOC(=O)CC(N)c1cc(C)no1. The lowest BCUT2D eigenvalue weighted by Crippen LogP contribution is -2.16. The average Bonchev–Trinajstić information content (AvgIpc) is 2.52. The molecular weight excluding hydrogens is 184 g/mol. The lowest BCUT2D eigenvalue weighted by atomic mass is 10.1. The Labute approximate surface area is 82.2 Å². The van der Waals surface area contributed by atoms with Crippen molar-refractivity contribution < 1.29 is 14.1 Å². The molecule has 0 aliphatic carbocycles. The number of esters is 1. The van der Waals surface area contributed by atoms with Crippen molar-refractivity contribution in [1.82, 2.24) is 5.16 Å². The van der Waals surface area contributed by atoms with Crippen LogP contribution >= 0.6 is 0 Å². The van der Waals surface area contributed by atoms with Crippen LogP contribution in [0.5, 0.6) is 0 Å². The minimum absolute atomic E-state index is 0.114. The van der Waals surface area contributed by atoms with Gasteiger partial charge in [-0.2, -0.15) is 0 Å². The number of nitrogens with two attached hydrogens (primary N) is 1. The van der Waals surface area contributed by atoms with Gasteiger partial charge in [0.05, 0.1) is 24.8 Å². The van der Waals surface area contributed by atoms with E-state index in [1.165, 1.54) is 0 Å². The second-order valence-electron chi connectivity index (χ2n) is 2.99. The molecule has 1 heterocycles. The first-order valence-electron chi connectivity index (χ1n) is 4.48. The molecule has 0 bridgehead atoms. The van der Waals surface area contributed by atoms with Crippen LogP contribution in [0.1, 0.15) is 30.8 Å². The normalized spacial score (nSPS) is 12.5. The molecule has 0 aliphatic heterocycles. The van der Waals surface area contributed by atoms with Crippen molar-refractivity contribution in [3.05, 3.63) is 17.5 Å². The van der Waals surface area contributed by atoms with E-state index in [9.17, 15) is 4.79 Å². The molecule has 5 heteroatoms. The molecule has 0 spiro atoms. The van der Waals surface area contributed by atoms with E-state index in [1.54, 1.807) is 19.9 Å². The fourth-order valence-corrected chi connectivity index (χ4v) is 1.06. The van der Waals surface area contributed by atoms with Crippen molar-refractivity contribution in [3.63, 3.8) is 0 Å². The fourth-order valence-electron chi connectivity index (χ4n) is 1.06. The zero-order valence-electron chi connectivity index (χ0n) is 8.32. The molecule has 0 saturated heterocycles. The van der Waals surface area contributed by atoms with Crippen molar-refractivity contribution in [1.29, 1.82) is 0 Å². The number of hydrogen-bond acceptors (Lipinski definition) is 5. The van der Waals surface area contributed by atoms with Crippen LogP contribution in [0.2, 0.25) is 0 Å². The second kappa shape index (κ2) is 4.76. The molecule has 0 aliphatic rings. The quantitative estimate of drug-likeness (QED) is 0.728. The number of aryl methyl sites for hydroxylation is 1. The van der Waals surface area contributed by atoms with Crippen LogP contribution in [-0.2, 0) is 9.53 Å². The summed E-state index contributed by atoms with van der Waals surface area (Å²) in [5.41, 5.74) is 6.45. The second-order valence-corrected chi connectivity index (χ2v) is 2.99. The van der Waals surface area contributed by atoms with Gasteiger partial charge in [0.1, 0.15) is 0 Å². The van der Waals surface area contributed by atoms with Crippen molar-refractivity contribution in [2.45, 2.75) is 26.3 Å². The number of aromatic nitrogens is 1. The Balaban J connectivity index is 2.50. The monoisotopic (exact) mass is 198 g/mol. The third-order valence-corrected chi connectivity index (χ3v) is 1.70. The zero-order chi connectivity index (χ0) is 10.6. The molecule has 14 heavy (non-hydrogen) atoms. The van der Waals surface area contributed by atoms with Crippen molar-refractivity contribution in [2.24, 2.45) is 5.73 Å². The van der Waals surface area contributed by atoms with Crippen LogP contribution in [0, 0.1) is 6.92 Å². The predicted octanol–water partition coefficient (Wildman–Crippen LogP) is 0.936. The molecule has 1 unspecified atom stereocenters. The maximum absolute atomic E-state index is 11.1. The molecule has 1 atom stereocenters. The molecule has 0 fully saturated rings. The van der Waals surface area contributed by atoms with Crippen LogP contribution in [0.15, 0.2) is 10.6 Å². The molecule has 0 amide bonds. The summed E-state index contributed by atoms with van der Waals surface area (Å²) in [5.74, 6) is 0.185. The molecule has 0 saturated carbocycles. The number of ether oxygens (including phenoxy) is 1. The van der Waals surface area contributed by atoms with Crippen LogP contribution in [-0.4, -0.2) is 17.7 Å². The number of rotatable bonds is 4. The topological polar surface area (TPSA) is 78.4 Å². The summed E-state index contributed by atoms with van der Waals surface area (Å²) in [5, 5.41) is 3.68. The zero-order valence-corrected chi connectivity index (χ0v) is 8.32. The third-order valence-electron chi connectivity index (χ3n) is 1.70. The molecule has 1 aromatic heterocycles. The van der Waals surface area contributed by atoms with Gasteiger partial charge in [-0.05, 0) is 13.8 Å². The van der Waals surface area contributed by atoms with E-state index in [0.717, 1.165) is 5.69 Å². The van der Waals surface area contributed by atoms with E-state index >= 15 is 0 Å². The van der Waals surface area contributed by atoms with Gasteiger partial charge < -0.3 is 15.0 Å². The summed E-state index contributed by atoms with van der Waals surface area (Å²) >= 11 is 0. The highest BCUT2D eigenvalue weighted by Gasteiger charge is 2.16. The number of carbonyl (C=O) groups excluding carboxylic acids is 1. The predicted molar refractivity (Wildman–Crippen MR) is 49.4 cm³/mol. The van der Waals surface area contributed by atoms with Crippen LogP contribution < -0.4 is 5.73 Å². The summed E-state index contributed by atoms with van der Waals surface area (Å²) in [6, 6.07) is 1.24. The number of nitrogens with zero attached hydrogens (tertiary/aromatic N) is 1. The molecule has 0 aromatic carbocycles. The van der Waals surface area contributed by atoms with Gasteiger partial charge in [0.2, 0.25) is 0 Å². The summed E-state index contributed by atoms with van der Waals surface area (Å²) in [6.45, 7) is 3.91. The molecule has 78 valence electrons. The van der Waals surface area contributed by atoms with E-state index in [-0.39, 0.29) is 12.4 Å². The molecule has 1 aromatic rings. The highest BCUT2D eigenvalue weighted by atomic mass is 16.5. The first-order chi connectivity index (χ1) is 6.63. The Morgan fingerprint density at radius 3 is 3.00 bits per heavy atom. The summed E-state index contributed by atoms with van der Waals surface area (Å²) in [4.78, 5) is 11.1. The van der Waals surface area contributed by atoms with E-state index in [0.29, 0.717) is 12.4 Å². The lowest BCUT2D eigenvalue weighted by molar-refractivity contribution is -0.143. The Morgan fingerprint density at radius 1 is 1.79 bits per heavy atom. The van der Waals surface area contributed by atoms with E-state index in [1.807, 2.05) is 0 Å². The van der Waals surface area contributed by atoms with Crippen molar-refractivity contribution in [3.8, 4) is 0 Å². The number of hydrogen-bond donors (Lipinski definition) is 1. The maximum atomic E-state index is 11.1. The molecule has 5 nitrogen and oxygen atoms in total. The van der Waals surface area contributed by atoms with E-state index in [2.05, 4.69) is 5.16 Å². The summed E-state index contributed by atoms with van der Waals surface area (Å²) in [7, 11) is 0. The van der Waals surface area contributed by atoms with Gasteiger partial charge in [-0.15, -0.1) is 0 Å². The van der Waals surface area contributed by atoms with Crippen molar-refractivity contribution >= 4 is 5.97 Å². The Morgan fingerprint density at radius 2 is 2.50 bits per heavy atom. The Bertz CT molecular complexity index is 309. The summed E-state index contributed by atoms with van der Waals surface area (Å²) in [6.07, 6.45) is 0.114. The smallest absolute Gasteiger partial charge is 0.307 e. The van der Waals surface area contributed by atoms with E-state index < -0.39 is 6.04 Å². The highest BCUT2D eigenvalue weighted by Crippen LogP contribution is 2.15. The van der Waals surface area contributed by atoms with Gasteiger partial charge in [0, 0.05) is 6.07 Å². The van der Waals surface area contributed by atoms with Gasteiger partial charge in [0.15, 0.2) is 5.76 Å². The van der Waals surface area contributed by atoms with Gasteiger partial charge in [-0.25, -0.2) is 0 Å². The highest BCUT2D eigenvalue weighted by molar-refractivity contribution is 5.70. The van der Waals surface area contributed by atoms with Crippen LogP contribution in [0.3, 0.4) is 0 Å². The summed E-state index contributed by atoms with van der Waals surface area (Å²) < 4.78 is 9.68. The third kappa shape index (κ3) is 2.85. The molecule has 1 rings (SSSR count). The van der Waals surface area contributed by atoms with Crippen LogP contribution in [0.25, 0.3) is 0 Å². The molecular formula is C9H14N2O3. The van der Waals surface area contributed by atoms with Gasteiger partial charge >= 0.3 is 5.97 Å². The number of carbonyl (C=O) groups is 1.